The quantitative estimate of drug-likeness (QED) is 0.497. The Morgan fingerprint density at radius 1 is 1.48 bits per heavy atom. The largest absolute Gasteiger partial charge is 0.372 e. The van der Waals surface area contributed by atoms with E-state index >= 15 is 0 Å². The van der Waals surface area contributed by atoms with Gasteiger partial charge in [-0.25, -0.2) is 0 Å². The molecular weight excluding hydrogens is 370 g/mol. The lowest BCUT2D eigenvalue weighted by molar-refractivity contribution is -0.389. The molecule has 1 saturated heterocycles. The van der Waals surface area contributed by atoms with E-state index in [1.807, 2.05) is 18.2 Å². The molecule has 1 amide bonds. The first-order valence-electron chi connectivity index (χ1n) is 8.47. The molecule has 1 aliphatic heterocycles. The van der Waals surface area contributed by atoms with E-state index in [-0.39, 0.29) is 17.5 Å². The number of aromatic nitrogens is 2. The molecule has 10 heteroatoms. The summed E-state index contributed by atoms with van der Waals surface area (Å²) in [5.41, 5.74) is 1.53. The smallest absolute Gasteiger partial charge is 0.368 e. The molecule has 9 nitrogen and oxygen atoms in total. The van der Waals surface area contributed by atoms with Gasteiger partial charge in [-0.3, -0.25) is 4.79 Å². The van der Waals surface area contributed by atoms with Crippen molar-refractivity contribution in [3.05, 3.63) is 51.5 Å². The number of fused-ring (bicyclic) bond motifs is 1. The molecule has 0 radical (unpaired) electrons. The first-order chi connectivity index (χ1) is 13.1. The minimum atomic E-state index is -0.451. The lowest BCUT2D eigenvalue weighted by Gasteiger charge is -2.11. The summed E-state index contributed by atoms with van der Waals surface area (Å²) in [4.78, 5) is 27.9. The Bertz CT molecular complexity index is 992. The summed E-state index contributed by atoms with van der Waals surface area (Å²) in [6.45, 7) is 0.957. The van der Waals surface area contributed by atoms with E-state index in [2.05, 4.69) is 15.6 Å². The maximum atomic E-state index is 12.2. The second kappa shape index (κ2) is 7.33. The highest BCUT2D eigenvalue weighted by Gasteiger charge is 2.24. The van der Waals surface area contributed by atoms with Crippen LogP contribution in [0.5, 0.6) is 0 Å². The van der Waals surface area contributed by atoms with Gasteiger partial charge in [0.05, 0.1) is 0 Å². The SMILES string of the molecule is O=C(Nc1cccc(CNc2nc3sccn3c2[N+](=O)[O-])c1)C1CCCO1. The zero-order chi connectivity index (χ0) is 18.8. The molecule has 1 aliphatic rings. The topological polar surface area (TPSA) is 111 Å². The van der Waals surface area contributed by atoms with E-state index in [1.54, 1.807) is 17.6 Å². The van der Waals surface area contributed by atoms with Crippen molar-refractivity contribution in [2.24, 2.45) is 0 Å². The van der Waals surface area contributed by atoms with Gasteiger partial charge in [0.1, 0.15) is 12.3 Å². The summed E-state index contributed by atoms with van der Waals surface area (Å²) in [6.07, 6.45) is 2.85. The van der Waals surface area contributed by atoms with Crippen molar-refractivity contribution in [1.29, 1.82) is 0 Å². The standard InChI is InChI=1S/C17H17N5O4S/c23-15(13-5-2-7-26-13)19-12-4-1-3-11(9-12)10-18-14-16(22(24)25)21-6-8-27-17(21)20-14/h1,3-4,6,8-9,13,18H,2,5,7,10H2,(H,19,23). The van der Waals surface area contributed by atoms with Gasteiger partial charge in [-0.05, 0) is 35.5 Å². The molecule has 140 valence electrons. The summed E-state index contributed by atoms with van der Waals surface area (Å²) >= 11 is 1.33. The fraction of sp³-hybridized carbons (Fsp3) is 0.294. The van der Waals surface area contributed by atoms with E-state index in [0.717, 1.165) is 18.4 Å². The lowest BCUT2D eigenvalue weighted by Crippen LogP contribution is -2.26. The monoisotopic (exact) mass is 387 g/mol. The van der Waals surface area contributed by atoms with E-state index in [4.69, 9.17) is 4.74 Å². The average molecular weight is 387 g/mol. The van der Waals surface area contributed by atoms with Gasteiger partial charge in [-0.2, -0.15) is 9.38 Å². The molecule has 1 fully saturated rings. The Morgan fingerprint density at radius 3 is 3.15 bits per heavy atom. The molecule has 3 heterocycles. The Labute approximate surface area is 158 Å². The molecule has 0 aliphatic carbocycles. The zero-order valence-electron chi connectivity index (χ0n) is 14.3. The van der Waals surface area contributed by atoms with Gasteiger partial charge in [0.2, 0.25) is 5.82 Å². The van der Waals surface area contributed by atoms with Crippen LogP contribution < -0.4 is 10.6 Å². The van der Waals surface area contributed by atoms with Crippen LogP contribution >= 0.6 is 11.3 Å². The Kier molecular flexibility index (Phi) is 4.73. The summed E-state index contributed by atoms with van der Waals surface area (Å²) in [5.74, 6) is -0.0164. The third-order valence-corrected chi connectivity index (χ3v) is 5.04. The van der Waals surface area contributed by atoms with E-state index in [1.165, 1.54) is 15.7 Å². The van der Waals surface area contributed by atoms with Gasteiger partial charge >= 0.3 is 5.82 Å². The van der Waals surface area contributed by atoms with Crippen LogP contribution in [0.3, 0.4) is 0 Å². The number of imidazole rings is 1. The fourth-order valence-corrected chi connectivity index (χ4v) is 3.73. The minimum absolute atomic E-state index is 0.0888. The predicted octanol–water partition coefficient (Wildman–Crippen LogP) is 3.03. The van der Waals surface area contributed by atoms with Crippen molar-refractivity contribution >= 4 is 39.5 Å². The number of nitro groups is 1. The van der Waals surface area contributed by atoms with Crippen LogP contribution in [0, 0.1) is 10.1 Å². The number of nitrogens with one attached hydrogen (secondary N) is 2. The van der Waals surface area contributed by atoms with E-state index < -0.39 is 11.0 Å². The summed E-state index contributed by atoms with van der Waals surface area (Å²) in [6, 6.07) is 7.32. The van der Waals surface area contributed by atoms with Gasteiger partial charge in [0, 0.05) is 24.2 Å². The fourth-order valence-electron chi connectivity index (χ4n) is 3.02. The van der Waals surface area contributed by atoms with Crippen LogP contribution in [0.15, 0.2) is 35.8 Å². The summed E-state index contributed by atoms with van der Waals surface area (Å²) < 4.78 is 6.83. The minimum Gasteiger partial charge on any atom is -0.368 e. The normalized spacial score (nSPS) is 16.5. The molecule has 3 aromatic rings. The van der Waals surface area contributed by atoms with Crippen molar-refractivity contribution in [3.8, 4) is 0 Å². The van der Waals surface area contributed by atoms with Crippen LogP contribution in [0.4, 0.5) is 17.3 Å². The first-order valence-corrected chi connectivity index (χ1v) is 9.35. The summed E-state index contributed by atoms with van der Waals surface area (Å²) in [5, 5.41) is 19.0. The van der Waals surface area contributed by atoms with Gasteiger partial charge in [0.15, 0.2) is 0 Å². The number of nitrogens with zero attached hydrogens (tertiary/aromatic N) is 3. The molecule has 2 N–H and O–H groups in total. The Hall–Kier alpha value is -2.98. The zero-order valence-corrected chi connectivity index (χ0v) is 15.1. The van der Waals surface area contributed by atoms with E-state index in [0.29, 0.717) is 23.8 Å². The van der Waals surface area contributed by atoms with Crippen molar-refractivity contribution in [2.45, 2.75) is 25.5 Å². The molecule has 0 saturated carbocycles. The van der Waals surface area contributed by atoms with Crippen LogP contribution in [0.2, 0.25) is 0 Å². The van der Waals surface area contributed by atoms with Gasteiger partial charge in [-0.1, -0.05) is 23.5 Å². The summed E-state index contributed by atoms with van der Waals surface area (Å²) in [7, 11) is 0. The van der Waals surface area contributed by atoms with Crippen molar-refractivity contribution in [2.75, 3.05) is 17.2 Å². The van der Waals surface area contributed by atoms with Crippen LogP contribution in [-0.4, -0.2) is 32.9 Å². The third kappa shape index (κ3) is 3.62. The van der Waals surface area contributed by atoms with E-state index in [9.17, 15) is 14.9 Å². The average Bonchev–Trinajstić information content (AvgIpc) is 3.36. The molecule has 1 unspecified atom stereocenters. The molecule has 0 bridgehead atoms. The molecular formula is C17H17N5O4S. The van der Waals surface area contributed by atoms with Crippen molar-refractivity contribution in [3.63, 3.8) is 0 Å². The second-order valence-electron chi connectivity index (χ2n) is 6.14. The number of benzene rings is 1. The molecule has 1 aromatic carbocycles. The highest BCUT2D eigenvalue weighted by Crippen LogP contribution is 2.28. The maximum Gasteiger partial charge on any atom is 0.372 e. The molecule has 0 spiro atoms. The number of anilines is 2. The number of carbonyl (C=O) groups excluding carboxylic acids is 1. The Balaban J connectivity index is 1.46. The van der Waals surface area contributed by atoms with Crippen LogP contribution in [-0.2, 0) is 16.1 Å². The maximum absolute atomic E-state index is 12.2. The molecule has 1 atom stereocenters. The molecule has 2 aromatic heterocycles. The van der Waals surface area contributed by atoms with Gasteiger partial charge in [-0.15, -0.1) is 0 Å². The van der Waals surface area contributed by atoms with Gasteiger partial charge < -0.3 is 25.5 Å². The third-order valence-electron chi connectivity index (χ3n) is 4.29. The number of rotatable bonds is 6. The number of hydrogen-bond donors (Lipinski definition) is 2. The number of thiazole rings is 1. The number of hydrogen-bond acceptors (Lipinski definition) is 7. The highest BCUT2D eigenvalue weighted by atomic mass is 32.1. The number of amides is 1. The molecule has 27 heavy (non-hydrogen) atoms. The number of carbonyl (C=O) groups is 1. The Morgan fingerprint density at radius 2 is 2.37 bits per heavy atom. The van der Waals surface area contributed by atoms with Crippen molar-refractivity contribution in [1.82, 2.24) is 9.38 Å². The first kappa shape index (κ1) is 17.4. The predicted molar refractivity (Wildman–Crippen MR) is 101 cm³/mol. The lowest BCUT2D eigenvalue weighted by atomic mass is 10.2. The number of ether oxygens (including phenoxy) is 1. The van der Waals surface area contributed by atoms with Crippen LogP contribution in [0.25, 0.3) is 4.96 Å². The van der Waals surface area contributed by atoms with Crippen LogP contribution in [0.1, 0.15) is 18.4 Å². The van der Waals surface area contributed by atoms with Crippen molar-refractivity contribution < 1.29 is 14.5 Å². The van der Waals surface area contributed by atoms with Gasteiger partial charge in [0.25, 0.3) is 10.9 Å². The molecule has 4 rings (SSSR count). The highest BCUT2D eigenvalue weighted by molar-refractivity contribution is 7.15. The second-order valence-corrected chi connectivity index (χ2v) is 7.01.